The van der Waals surface area contributed by atoms with Crippen molar-refractivity contribution in [2.75, 3.05) is 33.3 Å². The van der Waals surface area contributed by atoms with Gasteiger partial charge < -0.3 is 9.30 Å². The summed E-state index contributed by atoms with van der Waals surface area (Å²) in [5, 5.41) is 0. The van der Waals surface area contributed by atoms with Crippen molar-refractivity contribution in [3.63, 3.8) is 0 Å². The van der Waals surface area contributed by atoms with Gasteiger partial charge in [0.05, 0.1) is 12.8 Å². The number of rotatable bonds is 5. The fourth-order valence-corrected chi connectivity index (χ4v) is 5.41. The van der Waals surface area contributed by atoms with E-state index in [1.54, 1.807) is 7.11 Å². The topological polar surface area (TPSA) is 50.6 Å². The van der Waals surface area contributed by atoms with Crippen LogP contribution in [0.2, 0.25) is 0 Å². The summed E-state index contributed by atoms with van der Waals surface area (Å²) >= 11 is 0. The summed E-state index contributed by atoms with van der Waals surface area (Å²) in [6.07, 6.45) is 3.70. The van der Waals surface area contributed by atoms with Crippen LogP contribution in [0.15, 0.2) is 35.1 Å². The number of pyridine rings is 2. The van der Waals surface area contributed by atoms with Gasteiger partial charge in [-0.3, -0.25) is 14.6 Å². The molecule has 6 heteroatoms. The Kier molecular flexibility index (Phi) is 5.14. The number of methoxy groups -OCH3 is 1. The normalized spacial score (nSPS) is 24.4. The van der Waals surface area contributed by atoms with E-state index in [1.807, 2.05) is 12.1 Å². The van der Waals surface area contributed by atoms with Crippen molar-refractivity contribution in [2.24, 2.45) is 5.92 Å². The largest absolute Gasteiger partial charge is 0.481 e. The van der Waals surface area contributed by atoms with Gasteiger partial charge in [-0.05, 0) is 50.4 Å². The first-order valence-electron chi connectivity index (χ1n) is 10.9. The lowest BCUT2D eigenvalue weighted by molar-refractivity contribution is 0.113. The fraction of sp³-hybridized carbons (Fsp3) is 0.565. The SMILES string of the molecule is COc1cccc(CN2C[C@@H]3C[C@H](C2)c2ccc(CN4CCCC4)c(=O)n2C3)n1. The number of aromatic nitrogens is 2. The summed E-state index contributed by atoms with van der Waals surface area (Å²) in [7, 11) is 1.66. The predicted molar refractivity (Wildman–Crippen MR) is 112 cm³/mol. The number of likely N-dealkylation sites (tertiary alicyclic amines) is 2. The van der Waals surface area contributed by atoms with Gasteiger partial charge in [0.2, 0.25) is 5.88 Å². The molecule has 0 unspecified atom stereocenters. The molecular formula is C23H30N4O2. The number of fused-ring (bicyclic) bond motifs is 4. The molecule has 5 heterocycles. The van der Waals surface area contributed by atoms with Crippen molar-refractivity contribution in [3.05, 3.63) is 57.6 Å². The highest BCUT2D eigenvalue weighted by Gasteiger charge is 2.35. The highest BCUT2D eigenvalue weighted by Crippen LogP contribution is 2.35. The molecule has 2 fully saturated rings. The van der Waals surface area contributed by atoms with Crippen molar-refractivity contribution in [2.45, 2.75) is 44.8 Å². The Balaban J connectivity index is 1.33. The maximum atomic E-state index is 13.2. The molecule has 3 aliphatic heterocycles. The smallest absolute Gasteiger partial charge is 0.255 e. The molecule has 2 saturated heterocycles. The standard InChI is InChI=1S/C23H30N4O2/c1-29-22-6-4-5-20(24-22)16-26-12-17-11-19(15-26)21-8-7-18(23(28)27(21)13-17)14-25-9-2-3-10-25/h4-8,17,19H,2-3,9-16H2,1H3/t17-,19+/m0/s1. The van der Waals surface area contributed by atoms with Gasteiger partial charge in [-0.2, -0.15) is 0 Å². The van der Waals surface area contributed by atoms with Gasteiger partial charge in [-0.1, -0.05) is 12.1 Å². The third-order valence-corrected chi connectivity index (χ3v) is 6.73. The quantitative estimate of drug-likeness (QED) is 0.780. The van der Waals surface area contributed by atoms with Gasteiger partial charge in [0, 0.05) is 56.0 Å². The molecule has 0 saturated carbocycles. The zero-order valence-corrected chi connectivity index (χ0v) is 17.2. The van der Waals surface area contributed by atoms with E-state index in [2.05, 4.69) is 37.5 Å². The van der Waals surface area contributed by atoms with Crippen LogP contribution < -0.4 is 10.3 Å². The zero-order valence-electron chi connectivity index (χ0n) is 17.2. The number of hydrogen-bond donors (Lipinski definition) is 0. The Morgan fingerprint density at radius 3 is 2.72 bits per heavy atom. The Hall–Kier alpha value is -2.18. The van der Waals surface area contributed by atoms with Crippen LogP contribution in [0, 0.1) is 5.92 Å². The third-order valence-electron chi connectivity index (χ3n) is 6.73. The van der Waals surface area contributed by atoms with Gasteiger partial charge in [0.1, 0.15) is 0 Å². The molecule has 2 atom stereocenters. The van der Waals surface area contributed by atoms with E-state index in [0.717, 1.165) is 57.1 Å². The van der Waals surface area contributed by atoms with E-state index in [0.29, 0.717) is 17.7 Å². The summed E-state index contributed by atoms with van der Waals surface area (Å²) in [6.45, 7) is 6.75. The first kappa shape index (κ1) is 18.8. The predicted octanol–water partition coefficient (Wildman–Crippen LogP) is 2.47. The van der Waals surface area contributed by atoms with E-state index < -0.39 is 0 Å². The van der Waals surface area contributed by atoms with Crippen LogP contribution >= 0.6 is 0 Å². The van der Waals surface area contributed by atoms with E-state index in [4.69, 9.17) is 4.74 Å². The highest BCUT2D eigenvalue weighted by atomic mass is 16.5. The third kappa shape index (κ3) is 3.83. The second kappa shape index (κ2) is 7.92. The number of hydrogen-bond acceptors (Lipinski definition) is 5. The molecule has 0 aromatic carbocycles. The Labute approximate surface area is 172 Å². The minimum Gasteiger partial charge on any atom is -0.481 e. The molecule has 0 N–H and O–H groups in total. The summed E-state index contributed by atoms with van der Waals surface area (Å²) in [6, 6.07) is 10.3. The van der Waals surface area contributed by atoms with Crippen LogP contribution in [0.25, 0.3) is 0 Å². The first-order valence-corrected chi connectivity index (χ1v) is 10.9. The average Bonchev–Trinajstić information content (AvgIpc) is 3.24. The first-order chi connectivity index (χ1) is 14.2. The second-order valence-corrected chi connectivity index (χ2v) is 8.85. The minimum atomic E-state index is 0.243. The van der Waals surface area contributed by atoms with Gasteiger partial charge in [0.25, 0.3) is 5.56 Å². The van der Waals surface area contributed by atoms with Crippen molar-refractivity contribution < 1.29 is 4.74 Å². The van der Waals surface area contributed by atoms with Crippen molar-refractivity contribution in [3.8, 4) is 5.88 Å². The van der Waals surface area contributed by atoms with E-state index in [1.165, 1.54) is 25.0 Å². The van der Waals surface area contributed by atoms with Crippen molar-refractivity contribution in [1.29, 1.82) is 0 Å². The summed E-state index contributed by atoms with van der Waals surface area (Å²) < 4.78 is 7.35. The zero-order chi connectivity index (χ0) is 19.8. The summed E-state index contributed by atoms with van der Waals surface area (Å²) in [5.74, 6) is 1.63. The molecule has 3 aliphatic rings. The van der Waals surface area contributed by atoms with E-state index in [-0.39, 0.29) is 5.56 Å². The minimum absolute atomic E-state index is 0.243. The lowest BCUT2D eigenvalue weighted by Crippen LogP contribution is -2.47. The Morgan fingerprint density at radius 1 is 1.03 bits per heavy atom. The van der Waals surface area contributed by atoms with E-state index in [9.17, 15) is 4.79 Å². The molecule has 2 aromatic rings. The molecule has 0 radical (unpaired) electrons. The molecule has 154 valence electrons. The molecule has 29 heavy (non-hydrogen) atoms. The van der Waals surface area contributed by atoms with Gasteiger partial charge in [-0.15, -0.1) is 0 Å². The van der Waals surface area contributed by atoms with Crippen molar-refractivity contribution >= 4 is 0 Å². The lowest BCUT2D eigenvalue weighted by atomic mass is 9.83. The lowest BCUT2D eigenvalue weighted by Gasteiger charge is -2.43. The van der Waals surface area contributed by atoms with Crippen LogP contribution in [0.5, 0.6) is 5.88 Å². The van der Waals surface area contributed by atoms with Crippen LogP contribution in [-0.4, -0.2) is 52.6 Å². The number of nitrogens with zero attached hydrogens (tertiary/aromatic N) is 4. The number of piperidine rings is 1. The molecule has 2 bridgehead atoms. The fourth-order valence-electron chi connectivity index (χ4n) is 5.41. The molecule has 0 aliphatic carbocycles. The second-order valence-electron chi connectivity index (χ2n) is 8.85. The van der Waals surface area contributed by atoms with Gasteiger partial charge >= 0.3 is 0 Å². The summed E-state index contributed by atoms with van der Waals surface area (Å²) in [5.41, 5.74) is 3.47. The molecule has 5 rings (SSSR count). The summed E-state index contributed by atoms with van der Waals surface area (Å²) in [4.78, 5) is 22.7. The molecule has 2 aromatic heterocycles. The molecule has 6 nitrogen and oxygen atoms in total. The monoisotopic (exact) mass is 394 g/mol. The van der Waals surface area contributed by atoms with Crippen LogP contribution in [-0.2, 0) is 19.6 Å². The Morgan fingerprint density at radius 2 is 1.90 bits per heavy atom. The molecule has 0 amide bonds. The van der Waals surface area contributed by atoms with Crippen molar-refractivity contribution in [1.82, 2.24) is 19.4 Å². The molecule has 0 spiro atoms. The van der Waals surface area contributed by atoms with Crippen LogP contribution in [0.3, 0.4) is 0 Å². The number of ether oxygens (including phenoxy) is 1. The highest BCUT2D eigenvalue weighted by molar-refractivity contribution is 5.23. The van der Waals surface area contributed by atoms with Gasteiger partial charge in [-0.25, -0.2) is 4.98 Å². The van der Waals surface area contributed by atoms with E-state index >= 15 is 0 Å². The van der Waals surface area contributed by atoms with Crippen LogP contribution in [0.4, 0.5) is 0 Å². The van der Waals surface area contributed by atoms with Gasteiger partial charge in [0.15, 0.2) is 0 Å². The maximum Gasteiger partial charge on any atom is 0.255 e. The van der Waals surface area contributed by atoms with Crippen LogP contribution in [0.1, 0.15) is 42.1 Å². The average molecular weight is 395 g/mol. The maximum absolute atomic E-state index is 13.2. The molecular weight excluding hydrogens is 364 g/mol. The Bertz CT molecular complexity index is 935.